The van der Waals surface area contributed by atoms with E-state index in [9.17, 15) is 19.5 Å². The molecule has 4 aliphatic rings. The highest BCUT2D eigenvalue weighted by atomic mass is 32.1. The lowest BCUT2D eigenvalue weighted by atomic mass is 9.85. The highest BCUT2D eigenvalue weighted by Crippen LogP contribution is 2.44. The van der Waals surface area contributed by atoms with E-state index in [1.54, 1.807) is 29.2 Å². The molecule has 2 fully saturated rings. The Labute approximate surface area is 423 Å². The SMILES string of the molecule is CC[C@@H](C(=O)N[C@H](C(=O)N1C[C@H](O)C[C@H]1NN[C@@H](C)c1ccc(-c2scnc2C)cc1)C(C)(C)C)c1ncc(-c2cc3c(cc2C(F)F)N(c2nn(C4CCOCC4)c4c2CN(C(C)=O)CC4)CCC3)cn1. The molecule has 0 aliphatic carbocycles. The van der Waals surface area contributed by atoms with Crippen molar-refractivity contribution in [3.63, 3.8) is 0 Å². The fourth-order valence-corrected chi connectivity index (χ4v) is 11.5. The van der Waals surface area contributed by atoms with Crippen molar-refractivity contribution in [3.05, 3.63) is 93.8 Å². The predicted octanol–water partition coefficient (Wildman–Crippen LogP) is 7.85. The van der Waals surface area contributed by atoms with Crippen molar-refractivity contribution in [2.24, 2.45) is 5.41 Å². The van der Waals surface area contributed by atoms with Gasteiger partial charge in [0.15, 0.2) is 5.82 Å². The number of rotatable bonds is 14. The molecule has 0 bridgehead atoms. The summed E-state index contributed by atoms with van der Waals surface area (Å²) in [5.74, 6) is -0.733. The number of halogens is 2. The van der Waals surface area contributed by atoms with E-state index in [0.29, 0.717) is 81.2 Å². The maximum Gasteiger partial charge on any atom is 0.264 e. The number of carbonyl (C=O) groups excluding carboxylic acids is 3. The van der Waals surface area contributed by atoms with Crippen molar-refractivity contribution in [1.82, 2.24) is 50.7 Å². The van der Waals surface area contributed by atoms with E-state index in [0.717, 1.165) is 57.8 Å². The number of nitrogens with zero attached hydrogens (tertiary/aromatic N) is 8. The van der Waals surface area contributed by atoms with E-state index in [4.69, 9.17) is 9.84 Å². The second-order valence-electron chi connectivity index (χ2n) is 20.7. The highest BCUT2D eigenvalue weighted by Gasteiger charge is 2.43. The zero-order valence-corrected chi connectivity index (χ0v) is 43.1. The summed E-state index contributed by atoms with van der Waals surface area (Å²) in [5, 5.41) is 19.1. The third kappa shape index (κ3) is 10.5. The van der Waals surface area contributed by atoms with E-state index in [-0.39, 0.29) is 41.8 Å². The van der Waals surface area contributed by atoms with E-state index in [2.05, 4.69) is 65.0 Å². The maximum absolute atomic E-state index is 15.3. The Morgan fingerprint density at radius 2 is 1.74 bits per heavy atom. The molecule has 0 unspecified atom stereocenters. The van der Waals surface area contributed by atoms with E-state index < -0.39 is 42.0 Å². The molecule has 9 rings (SSSR count). The van der Waals surface area contributed by atoms with Crippen LogP contribution in [0.4, 0.5) is 20.3 Å². The van der Waals surface area contributed by atoms with Gasteiger partial charge in [0, 0.05) is 99.1 Å². The standard InChI is InChI=1S/C53H67F2N11O5S/c1-8-39(51(69)59-47(53(5,6)7)52(70)65-27-38(68)23-45(65)61-60-30(2)33-11-13-34(14-12-33)46-31(3)58-29-72-46)49-56-25-36(26-57-49)40-22-35-10-9-18-64(44(35)24-41(40)48(54)55)50-42-28-63(32(4)67)19-15-43(42)66(62-50)37-16-20-71-21-17-37/h11-14,22,24-26,29-30,37-39,45,47-48,60-61,68H,8-10,15-21,23,27-28H2,1-7H3,(H,59,69)/t30-,38+,39+,45-,47+/m0/s1. The smallest absolute Gasteiger partial charge is 0.264 e. The van der Waals surface area contributed by atoms with Crippen LogP contribution in [0.25, 0.3) is 21.6 Å². The molecular formula is C53H67F2N11O5S. The number of aryl methyl sites for hydroxylation is 2. The molecule has 2 aromatic carbocycles. The Morgan fingerprint density at radius 1 is 1.00 bits per heavy atom. The van der Waals surface area contributed by atoms with Crippen molar-refractivity contribution < 1.29 is 33.0 Å². The number of fused-ring (bicyclic) bond motifs is 2. The zero-order chi connectivity index (χ0) is 51.0. The molecule has 5 atom stereocenters. The Bertz CT molecular complexity index is 2760. The zero-order valence-electron chi connectivity index (χ0n) is 42.3. The number of thiazole rings is 1. The number of aromatic nitrogens is 5. The van der Waals surface area contributed by atoms with Gasteiger partial charge in [-0.1, -0.05) is 52.0 Å². The number of carbonyl (C=O) groups is 3. The molecule has 16 nitrogen and oxygen atoms in total. The molecule has 0 spiro atoms. The Morgan fingerprint density at radius 3 is 2.39 bits per heavy atom. The third-order valence-electron chi connectivity index (χ3n) is 14.8. The number of hydrogen-bond donors (Lipinski definition) is 4. The van der Waals surface area contributed by atoms with E-state index in [1.807, 2.05) is 58.0 Å². The summed E-state index contributed by atoms with van der Waals surface area (Å²) in [6, 6.07) is 10.7. The summed E-state index contributed by atoms with van der Waals surface area (Å²) in [5.41, 5.74) is 15.0. The number of nitrogens with one attached hydrogen (secondary N) is 3. The van der Waals surface area contributed by atoms with Gasteiger partial charge >= 0.3 is 0 Å². The number of amides is 3. The number of ether oxygens (including phenoxy) is 1. The number of benzene rings is 2. The summed E-state index contributed by atoms with van der Waals surface area (Å²) in [6.45, 7) is 16.0. The molecule has 4 N–H and O–H groups in total. The summed E-state index contributed by atoms with van der Waals surface area (Å²) >= 11 is 1.60. The molecule has 19 heteroatoms. The van der Waals surface area contributed by atoms with Gasteiger partial charge in [-0.2, -0.15) is 5.10 Å². The minimum absolute atomic E-state index is 0.0149. The quantitative estimate of drug-likeness (QED) is 0.0792. The molecule has 72 heavy (non-hydrogen) atoms. The van der Waals surface area contributed by atoms with Crippen LogP contribution >= 0.6 is 11.3 Å². The van der Waals surface area contributed by atoms with Crippen LogP contribution in [0.2, 0.25) is 0 Å². The average molecular weight is 1010 g/mol. The number of hydrazine groups is 1. The predicted molar refractivity (Wildman–Crippen MR) is 271 cm³/mol. The molecule has 0 saturated carbocycles. The van der Waals surface area contributed by atoms with Crippen LogP contribution in [0.5, 0.6) is 0 Å². The van der Waals surface area contributed by atoms with Crippen LogP contribution in [0, 0.1) is 12.3 Å². The molecule has 2 saturated heterocycles. The third-order valence-corrected chi connectivity index (χ3v) is 15.8. The first-order chi connectivity index (χ1) is 34.5. The molecule has 4 aliphatic heterocycles. The number of hydrogen-bond acceptors (Lipinski definition) is 13. The Hall–Kier alpha value is -5.73. The molecule has 0 radical (unpaired) electrons. The lowest BCUT2D eigenvalue weighted by Crippen LogP contribution is -2.59. The first-order valence-corrected chi connectivity index (χ1v) is 26.2. The number of alkyl halides is 2. The van der Waals surface area contributed by atoms with Gasteiger partial charge in [0.2, 0.25) is 17.7 Å². The van der Waals surface area contributed by atoms with Gasteiger partial charge in [0.05, 0.1) is 46.9 Å². The van der Waals surface area contributed by atoms with Crippen LogP contribution < -0.4 is 21.1 Å². The van der Waals surface area contributed by atoms with Gasteiger partial charge in [-0.25, -0.2) is 34.6 Å². The molecule has 5 aromatic rings. The van der Waals surface area contributed by atoms with Gasteiger partial charge in [-0.05, 0) is 85.8 Å². The van der Waals surface area contributed by atoms with Crippen molar-refractivity contribution in [2.75, 3.05) is 37.7 Å². The van der Waals surface area contributed by atoms with Crippen molar-refractivity contribution in [3.8, 4) is 21.6 Å². The van der Waals surface area contributed by atoms with Crippen LogP contribution in [0.3, 0.4) is 0 Å². The highest BCUT2D eigenvalue weighted by molar-refractivity contribution is 7.13. The molecular weight excluding hydrogens is 941 g/mol. The largest absolute Gasteiger partial charge is 0.391 e. The van der Waals surface area contributed by atoms with Crippen molar-refractivity contribution >= 4 is 40.6 Å². The lowest BCUT2D eigenvalue weighted by Gasteiger charge is -2.36. The Balaban J connectivity index is 0.909. The van der Waals surface area contributed by atoms with Crippen molar-refractivity contribution in [2.45, 2.75) is 143 Å². The Kier molecular flexibility index (Phi) is 15.2. The molecule has 384 valence electrons. The first kappa shape index (κ1) is 51.2. The summed E-state index contributed by atoms with van der Waals surface area (Å²) in [4.78, 5) is 61.5. The molecule has 7 heterocycles. The van der Waals surface area contributed by atoms with Crippen LogP contribution in [0.1, 0.15) is 138 Å². The van der Waals surface area contributed by atoms with Gasteiger partial charge in [-0.3, -0.25) is 19.1 Å². The van der Waals surface area contributed by atoms with Gasteiger partial charge in [-0.15, -0.1) is 11.3 Å². The summed E-state index contributed by atoms with van der Waals surface area (Å²) in [6.07, 6.45) is 3.21. The summed E-state index contributed by atoms with van der Waals surface area (Å²) < 4.78 is 38.3. The lowest BCUT2D eigenvalue weighted by molar-refractivity contribution is -0.141. The first-order valence-electron chi connectivity index (χ1n) is 25.3. The molecule has 3 aromatic heterocycles. The number of β-amino-alcohol motifs (C(OH)–C–C–N with tert-alkyl or cyclic N) is 1. The average Bonchev–Trinajstić information content (AvgIpc) is 4.10. The maximum atomic E-state index is 15.3. The second-order valence-corrected chi connectivity index (χ2v) is 21.6. The minimum atomic E-state index is -2.82. The number of likely N-dealkylation sites (tertiary alicyclic amines) is 1. The van der Waals surface area contributed by atoms with E-state index in [1.165, 1.54) is 12.4 Å². The van der Waals surface area contributed by atoms with Crippen LogP contribution in [-0.4, -0.2) is 109 Å². The van der Waals surface area contributed by atoms with Crippen molar-refractivity contribution in [1.29, 1.82) is 0 Å². The second kappa shape index (κ2) is 21.4. The number of aliphatic hydroxyl groups is 1. The number of aliphatic hydroxyl groups excluding tert-OH is 1. The van der Waals surface area contributed by atoms with Crippen LogP contribution in [-0.2, 0) is 38.5 Å². The minimum Gasteiger partial charge on any atom is -0.391 e. The number of anilines is 2. The molecule has 3 amide bonds. The van der Waals surface area contributed by atoms with E-state index >= 15 is 8.78 Å². The summed E-state index contributed by atoms with van der Waals surface area (Å²) in [7, 11) is 0. The normalized spacial score (nSPS) is 19.8. The van der Waals surface area contributed by atoms with Gasteiger partial charge in [0.25, 0.3) is 6.43 Å². The topological polar surface area (TPSA) is 183 Å². The monoisotopic (exact) mass is 1010 g/mol. The van der Waals surface area contributed by atoms with Crippen LogP contribution in [0.15, 0.2) is 54.3 Å². The fourth-order valence-electron chi connectivity index (χ4n) is 10.6. The van der Waals surface area contributed by atoms with Gasteiger partial charge < -0.3 is 29.9 Å². The van der Waals surface area contributed by atoms with Gasteiger partial charge in [0.1, 0.15) is 11.9 Å². The fraction of sp³-hybridized carbons (Fsp3) is 0.528.